The van der Waals surface area contributed by atoms with Crippen molar-refractivity contribution in [2.75, 3.05) is 36.5 Å². The second-order valence-electron chi connectivity index (χ2n) is 6.81. The zero-order valence-electron chi connectivity index (χ0n) is 16.0. The third-order valence-electron chi connectivity index (χ3n) is 4.55. The molecular formula is C19H23N3O5S2. The van der Waals surface area contributed by atoms with Crippen LogP contribution in [0.4, 0.5) is 11.4 Å². The number of carbonyl (C=O) groups excluding carboxylic acids is 1. The van der Waals surface area contributed by atoms with Crippen LogP contribution in [-0.4, -0.2) is 52.9 Å². The first-order chi connectivity index (χ1) is 13.7. The summed E-state index contributed by atoms with van der Waals surface area (Å²) in [4.78, 5) is 12.5. The summed E-state index contributed by atoms with van der Waals surface area (Å²) >= 11 is 0. The van der Waals surface area contributed by atoms with Gasteiger partial charge in [-0.05, 0) is 43.2 Å². The quantitative estimate of drug-likeness (QED) is 0.684. The van der Waals surface area contributed by atoms with Crippen molar-refractivity contribution in [3.05, 3.63) is 48.5 Å². The number of hydrogen-bond donors (Lipinski definition) is 2. The summed E-state index contributed by atoms with van der Waals surface area (Å²) in [5, 5.41) is 5.45. The van der Waals surface area contributed by atoms with Gasteiger partial charge in [-0.25, -0.2) is 16.8 Å². The molecule has 1 amide bonds. The first kappa shape index (κ1) is 21.3. The minimum absolute atomic E-state index is 0.0343. The van der Waals surface area contributed by atoms with Crippen LogP contribution >= 0.6 is 0 Å². The molecule has 0 bridgehead atoms. The van der Waals surface area contributed by atoms with E-state index in [1.54, 1.807) is 24.3 Å². The lowest BCUT2D eigenvalue weighted by atomic mass is 10.3. The van der Waals surface area contributed by atoms with Crippen molar-refractivity contribution in [2.24, 2.45) is 0 Å². The summed E-state index contributed by atoms with van der Waals surface area (Å²) in [6, 6.07) is 12.4. The third-order valence-corrected chi connectivity index (χ3v) is 7.60. The highest BCUT2D eigenvalue weighted by Crippen LogP contribution is 2.23. The number of amides is 1. The third kappa shape index (κ3) is 5.14. The number of benzene rings is 2. The lowest BCUT2D eigenvalue weighted by Crippen LogP contribution is -2.28. The molecule has 1 aliphatic rings. The predicted octanol–water partition coefficient (Wildman–Crippen LogP) is 1.93. The van der Waals surface area contributed by atoms with Crippen molar-refractivity contribution in [3.63, 3.8) is 0 Å². The molecule has 2 N–H and O–H groups in total. The highest BCUT2D eigenvalue weighted by atomic mass is 32.2. The molecule has 0 aliphatic carbocycles. The van der Waals surface area contributed by atoms with Gasteiger partial charge in [0.2, 0.25) is 15.9 Å². The van der Waals surface area contributed by atoms with Gasteiger partial charge in [0.15, 0.2) is 9.84 Å². The van der Waals surface area contributed by atoms with Crippen molar-refractivity contribution in [2.45, 2.75) is 22.6 Å². The van der Waals surface area contributed by atoms with E-state index >= 15 is 0 Å². The second kappa shape index (κ2) is 8.52. The predicted molar refractivity (Wildman–Crippen MR) is 111 cm³/mol. The van der Waals surface area contributed by atoms with E-state index in [1.165, 1.54) is 28.6 Å². The Morgan fingerprint density at radius 1 is 1.00 bits per heavy atom. The number of anilines is 2. The molecule has 0 unspecified atom stereocenters. The van der Waals surface area contributed by atoms with Gasteiger partial charge in [0.1, 0.15) is 0 Å². The van der Waals surface area contributed by atoms with Crippen LogP contribution in [0, 0.1) is 0 Å². The summed E-state index contributed by atoms with van der Waals surface area (Å²) in [5.74, 6) is -0.450. The fourth-order valence-corrected chi connectivity index (χ4v) is 5.52. The largest absolute Gasteiger partial charge is 0.376 e. The highest BCUT2D eigenvalue weighted by molar-refractivity contribution is 7.91. The van der Waals surface area contributed by atoms with Gasteiger partial charge in [0.05, 0.1) is 22.0 Å². The summed E-state index contributed by atoms with van der Waals surface area (Å²) in [6.07, 6.45) is 2.78. The van der Waals surface area contributed by atoms with Crippen LogP contribution in [0.5, 0.6) is 0 Å². The van der Waals surface area contributed by atoms with Crippen molar-refractivity contribution >= 4 is 37.1 Å². The molecule has 1 fully saturated rings. The van der Waals surface area contributed by atoms with Gasteiger partial charge in [0.25, 0.3) is 0 Å². The van der Waals surface area contributed by atoms with E-state index in [1.807, 2.05) is 0 Å². The molecule has 156 valence electrons. The Morgan fingerprint density at radius 2 is 1.69 bits per heavy atom. The van der Waals surface area contributed by atoms with E-state index in [-0.39, 0.29) is 22.0 Å². The molecule has 2 aromatic rings. The molecule has 0 atom stereocenters. The average Bonchev–Trinajstić information content (AvgIpc) is 3.22. The summed E-state index contributed by atoms with van der Waals surface area (Å²) < 4.78 is 50.4. The van der Waals surface area contributed by atoms with E-state index in [9.17, 15) is 21.6 Å². The van der Waals surface area contributed by atoms with Gasteiger partial charge < -0.3 is 10.6 Å². The van der Waals surface area contributed by atoms with Gasteiger partial charge in [-0.15, -0.1) is 0 Å². The first-order valence-corrected chi connectivity index (χ1v) is 12.4. The Hall–Kier alpha value is -2.43. The topological polar surface area (TPSA) is 113 Å². The summed E-state index contributed by atoms with van der Waals surface area (Å²) in [6.45, 7) is 0.885. The minimum Gasteiger partial charge on any atom is -0.376 e. The Balaban J connectivity index is 1.67. The van der Waals surface area contributed by atoms with Gasteiger partial charge in [-0.3, -0.25) is 4.79 Å². The number of para-hydroxylation sites is 1. The number of sulfonamides is 1. The Bertz CT molecular complexity index is 1110. The fourth-order valence-electron chi connectivity index (χ4n) is 3.11. The molecular weight excluding hydrogens is 414 g/mol. The van der Waals surface area contributed by atoms with Gasteiger partial charge >= 0.3 is 0 Å². The molecule has 29 heavy (non-hydrogen) atoms. The molecule has 8 nitrogen and oxygen atoms in total. The van der Waals surface area contributed by atoms with E-state index in [0.717, 1.165) is 19.1 Å². The Morgan fingerprint density at radius 3 is 2.38 bits per heavy atom. The van der Waals surface area contributed by atoms with Crippen molar-refractivity contribution in [3.8, 4) is 0 Å². The van der Waals surface area contributed by atoms with Crippen LogP contribution in [0.1, 0.15) is 12.8 Å². The van der Waals surface area contributed by atoms with E-state index in [2.05, 4.69) is 10.6 Å². The number of rotatable bonds is 7. The smallest absolute Gasteiger partial charge is 0.243 e. The number of nitrogens with one attached hydrogen (secondary N) is 2. The van der Waals surface area contributed by atoms with E-state index < -0.39 is 25.8 Å². The molecule has 3 rings (SSSR count). The number of carbonyl (C=O) groups is 1. The minimum atomic E-state index is -3.54. The standard InChI is InChI=1S/C19H23N3O5S2/c1-28(24,25)18-10-3-2-9-17(18)21-19(23)14-20-15-7-6-8-16(13-15)29(26,27)22-11-4-5-12-22/h2-3,6-10,13,20H,4-5,11-12,14H2,1H3,(H,21,23). The van der Waals surface area contributed by atoms with Crippen LogP contribution in [0.3, 0.4) is 0 Å². The number of sulfone groups is 1. The zero-order valence-corrected chi connectivity index (χ0v) is 17.6. The van der Waals surface area contributed by atoms with Crippen molar-refractivity contribution in [1.29, 1.82) is 0 Å². The van der Waals surface area contributed by atoms with Gasteiger partial charge in [0, 0.05) is 25.0 Å². The van der Waals surface area contributed by atoms with E-state index in [4.69, 9.17) is 0 Å². The highest BCUT2D eigenvalue weighted by Gasteiger charge is 2.27. The number of hydrogen-bond acceptors (Lipinski definition) is 6. The van der Waals surface area contributed by atoms with Crippen LogP contribution in [0.15, 0.2) is 58.3 Å². The normalized spacial score (nSPS) is 15.2. The maximum absolute atomic E-state index is 12.7. The lowest BCUT2D eigenvalue weighted by Gasteiger charge is -2.16. The Labute approximate surface area is 170 Å². The van der Waals surface area contributed by atoms with Crippen LogP contribution in [-0.2, 0) is 24.7 Å². The molecule has 0 radical (unpaired) electrons. The lowest BCUT2D eigenvalue weighted by molar-refractivity contribution is -0.114. The second-order valence-corrected chi connectivity index (χ2v) is 10.7. The SMILES string of the molecule is CS(=O)(=O)c1ccccc1NC(=O)CNc1cccc(S(=O)(=O)N2CCCC2)c1. The van der Waals surface area contributed by atoms with Crippen molar-refractivity contribution in [1.82, 2.24) is 4.31 Å². The fraction of sp³-hybridized carbons (Fsp3) is 0.316. The Kier molecular flexibility index (Phi) is 6.25. The first-order valence-electron chi connectivity index (χ1n) is 9.11. The molecule has 1 aliphatic heterocycles. The van der Waals surface area contributed by atoms with E-state index in [0.29, 0.717) is 18.8 Å². The maximum atomic E-state index is 12.7. The summed E-state index contributed by atoms with van der Waals surface area (Å²) in [5.41, 5.74) is 0.684. The zero-order chi connectivity index (χ0) is 21.1. The monoisotopic (exact) mass is 437 g/mol. The van der Waals surface area contributed by atoms with Gasteiger partial charge in [-0.2, -0.15) is 4.31 Å². The summed E-state index contributed by atoms with van der Waals surface area (Å²) in [7, 11) is -7.03. The molecule has 0 spiro atoms. The van der Waals surface area contributed by atoms with Gasteiger partial charge in [-0.1, -0.05) is 18.2 Å². The molecule has 1 saturated heterocycles. The molecule has 10 heteroatoms. The average molecular weight is 438 g/mol. The number of nitrogens with zero attached hydrogens (tertiary/aromatic N) is 1. The van der Waals surface area contributed by atoms with Crippen LogP contribution < -0.4 is 10.6 Å². The van der Waals surface area contributed by atoms with Crippen LogP contribution in [0.2, 0.25) is 0 Å². The molecule has 0 saturated carbocycles. The van der Waals surface area contributed by atoms with Crippen LogP contribution in [0.25, 0.3) is 0 Å². The molecule has 1 heterocycles. The maximum Gasteiger partial charge on any atom is 0.243 e. The molecule has 0 aromatic heterocycles. The molecule has 2 aromatic carbocycles. The van der Waals surface area contributed by atoms with Crippen molar-refractivity contribution < 1.29 is 21.6 Å².